The minimum absolute atomic E-state index is 0.0526. The monoisotopic (exact) mass is 555 g/mol. The number of carbonyl (C=O) groups is 2. The maximum atomic E-state index is 13.0. The van der Waals surface area contributed by atoms with Gasteiger partial charge in [0, 0.05) is 42.5 Å². The van der Waals surface area contributed by atoms with Crippen LogP contribution in [0.25, 0.3) is 16.9 Å². The number of anilines is 2. The van der Waals surface area contributed by atoms with Crippen molar-refractivity contribution in [2.75, 3.05) is 24.1 Å². The van der Waals surface area contributed by atoms with E-state index in [1.165, 1.54) is 18.2 Å². The van der Waals surface area contributed by atoms with Crippen molar-refractivity contribution in [2.45, 2.75) is 18.5 Å². The number of nitrogens with two attached hydrogens (primary N) is 1. The van der Waals surface area contributed by atoms with Crippen LogP contribution in [0.1, 0.15) is 34.0 Å². The fraction of sp³-hybridized carbons (Fsp3) is 0.192. The first-order valence-corrected chi connectivity index (χ1v) is 12.1. The Morgan fingerprint density at radius 3 is 2.64 bits per heavy atom. The number of carbonyl (C=O) groups excluding carboxylic acids is 2. The average Bonchev–Trinajstić information content (AvgIpc) is 3.54. The number of likely N-dealkylation sites (tertiary alicyclic amines) is 1. The standard InChI is InChI=1S/C26H21ClF3N7O2/c1-2-21(38)36-10-7-15(13-36)22-19-6-9-33-25(31)37(19)23(35-22)17-4-3-14(11-18(17)27)24(39)34-20-12-16(5-8-32-20)26(28,29)30/h2-6,8-9,11-12,15H,1,7,10,13H2,(H2,31,33)(H,32,34,39). The van der Waals surface area contributed by atoms with Gasteiger partial charge in [0.1, 0.15) is 11.6 Å². The molecule has 0 radical (unpaired) electrons. The number of nitrogens with zero attached hydrogens (tertiary/aromatic N) is 5. The predicted molar refractivity (Wildman–Crippen MR) is 139 cm³/mol. The Bertz CT molecular complexity index is 1620. The zero-order valence-electron chi connectivity index (χ0n) is 20.2. The number of aromatic nitrogens is 4. The zero-order chi connectivity index (χ0) is 27.9. The predicted octanol–water partition coefficient (Wildman–Crippen LogP) is 4.80. The lowest BCUT2D eigenvalue weighted by atomic mass is 10.0. The van der Waals surface area contributed by atoms with Crippen LogP contribution in [0.3, 0.4) is 0 Å². The summed E-state index contributed by atoms with van der Waals surface area (Å²) in [6.45, 7) is 4.58. The molecule has 200 valence electrons. The van der Waals surface area contributed by atoms with Crippen molar-refractivity contribution in [1.82, 2.24) is 24.3 Å². The summed E-state index contributed by atoms with van der Waals surface area (Å²) in [6, 6.07) is 7.76. The van der Waals surface area contributed by atoms with Crippen molar-refractivity contribution in [3.63, 3.8) is 0 Å². The fourth-order valence-electron chi connectivity index (χ4n) is 4.58. The van der Waals surface area contributed by atoms with Crippen molar-refractivity contribution in [3.8, 4) is 11.4 Å². The van der Waals surface area contributed by atoms with Gasteiger partial charge in [0.2, 0.25) is 11.9 Å². The van der Waals surface area contributed by atoms with Gasteiger partial charge in [-0.15, -0.1) is 0 Å². The highest BCUT2D eigenvalue weighted by Crippen LogP contribution is 2.36. The molecule has 1 saturated heterocycles. The number of imidazole rings is 1. The Morgan fingerprint density at radius 2 is 1.92 bits per heavy atom. The lowest BCUT2D eigenvalue weighted by molar-refractivity contribution is -0.137. The first-order valence-electron chi connectivity index (χ1n) is 11.8. The molecule has 1 unspecified atom stereocenters. The molecule has 4 heterocycles. The SMILES string of the molecule is C=CC(=O)N1CCC(c2nc(-c3ccc(C(=O)Nc4cc(C(F)(F)F)ccn4)cc3Cl)n3c(N)nccc23)C1. The number of hydrogen-bond donors (Lipinski definition) is 2. The molecule has 2 amide bonds. The van der Waals surface area contributed by atoms with Gasteiger partial charge in [-0.1, -0.05) is 18.2 Å². The molecule has 1 aliphatic heterocycles. The van der Waals surface area contributed by atoms with E-state index in [0.29, 0.717) is 36.4 Å². The Kier molecular flexibility index (Phi) is 6.73. The summed E-state index contributed by atoms with van der Waals surface area (Å²) in [6.07, 6.45) is -0.0668. The minimum Gasteiger partial charge on any atom is -0.369 e. The molecule has 9 nitrogen and oxygen atoms in total. The second-order valence-corrected chi connectivity index (χ2v) is 9.30. The molecule has 1 fully saturated rings. The van der Waals surface area contributed by atoms with E-state index >= 15 is 0 Å². The van der Waals surface area contributed by atoms with Gasteiger partial charge in [0.15, 0.2) is 0 Å². The number of nitrogens with one attached hydrogen (secondary N) is 1. The Morgan fingerprint density at radius 1 is 1.15 bits per heavy atom. The third-order valence-corrected chi connectivity index (χ3v) is 6.78. The van der Waals surface area contributed by atoms with E-state index in [-0.39, 0.29) is 34.2 Å². The van der Waals surface area contributed by atoms with E-state index in [1.807, 2.05) is 0 Å². The summed E-state index contributed by atoms with van der Waals surface area (Å²) >= 11 is 6.58. The average molecular weight is 556 g/mol. The number of benzene rings is 1. The van der Waals surface area contributed by atoms with Crippen LogP contribution < -0.4 is 11.1 Å². The Balaban J connectivity index is 1.46. The van der Waals surface area contributed by atoms with Gasteiger partial charge < -0.3 is 16.0 Å². The highest BCUT2D eigenvalue weighted by molar-refractivity contribution is 6.33. The van der Waals surface area contributed by atoms with Gasteiger partial charge in [-0.25, -0.2) is 15.0 Å². The number of nitrogen functional groups attached to an aromatic ring is 1. The molecular weight excluding hydrogens is 535 g/mol. The van der Waals surface area contributed by atoms with E-state index in [1.54, 1.807) is 27.6 Å². The van der Waals surface area contributed by atoms with Gasteiger partial charge in [-0.2, -0.15) is 13.2 Å². The lowest BCUT2D eigenvalue weighted by Gasteiger charge is -2.13. The summed E-state index contributed by atoms with van der Waals surface area (Å²) in [5.74, 6) is -0.577. The number of halogens is 4. The fourth-order valence-corrected chi connectivity index (χ4v) is 4.84. The van der Waals surface area contributed by atoms with Crippen LogP contribution in [0.15, 0.2) is 61.4 Å². The van der Waals surface area contributed by atoms with Crippen molar-refractivity contribution in [3.05, 3.63) is 83.3 Å². The van der Waals surface area contributed by atoms with E-state index in [0.717, 1.165) is 24.0 Å². The van der Waals surface area contributed by atoms with Crippen LogP contribution in [-0.2, 0) is 11.0 Å². The van der Waals surface area contributed by atoms with Gasteiger partial charge in [-0.05, 0) is 48.9 Å². The molecular formula is C26H21ClF3N7O2. The number of pyridine rings is 1. The number of rotatable bonds is 5. The maximum absolute atomic E-state index is 13.0. The molecule has 3 N–H and O–H groups in total. The van der Waals surface area contributed by atoms with Crippen LogP contribution in [0.5, 0.6) is 0 Å². The molecule has 1 atom stereocenters. The van der Waals surface area contributed by atoms with Crippen LogP contribution >= 0.6 is 11.6 Å². The van der Waals surface area contributed by atoms with Crippen LogP contribution in [0.4, 0.5) is 24.9 Å². The molecule has 4 aromatic rings. The summed E-state index contributed by atoms with van der Waals surface area (Å²) in [5, 5.41) is 2.52. The summed E-state index contributed by atoms with van der Waals surface area (Å²) < 4.78 is 40.6. The number of hydrogen-bond acceptors (Lipinski definition) is 6. The lowest BCUT2D eigenvalue weighted by Crippen LogP contribution is -2.26. The summed E-state index contributed by atoms with van der Waals surface area (Å²) in [5.41, 5.74) is 7.27. The molecule has 0 spiro atoms. The van der Waals surface area contributed by atoms with E-state index in [2.05, 4.69) is 21.9 Å². The first-order chi connectivity index (χ1) is 18.6. The third kappa shape index (κ3) is 5.02. The van der Waals surface area contributed by atoms with Crippen LogP contribution in [0.2, 0.25) is 5.02 Å². The maximum Gasteiger partial charge on any atom is 0.416 e. The quantitative estimate of drug-likeness (QED) is 0.342. The van der Waals surface area contributed by atoms with Crippen molar-refractivity contribution < 1.29 is 22.8 Å². The number of fused-ring (bicyclic) bond motifs is 1. The molecule has 1 aromatic carbocycles. The highest BCUT2D eigenvalue weighted by Gasteiger charge is 2.32. The molecule has 1 aliphatic rings. The first kappa shape index (κ1) is 26.2. The van der Waals surface area contributed by atoms with E-state index in [9.17, 15) is 22.8 Å². The molecule has 0 bridgehead atoms. The zero-order valence-corrected chi connectivity index (χ0v) is 21.0. The van der Waals surface area contributed by atoms with Gasteiger partial charge in [0.05, 0.1) is 21.8 Å². The Labute approximate surface area is 225 Å². The summed E-state index contributed by atoms with van der Waals surface area (Å²) in [4.78, 5) is 39.3. The third-order valence-electron chi connectivity index (χ3n) is 6.47. The molecule has 0 aliphatic carbocycles. The van der Waals surface area contributed by atoms with Crippen LogP contribution in [0, 0.1) is 0 Å². The Hall–Kier alpha value is -4.45. The molecule has 39 heavy (non-hydrogen) atoms. The molecule has 3 aromatic heterocycles. The highest BCUT2D eigenvalue weighted by atomic mass is 35.5. The number of amides is 2. The normalized spacial score (nSPS) is 15.5. The van der Waals surface area contributed by atoms with Crippen molar-refractivity contribution in [1.29, 1.82) is 0 Å². The second kappa shape index (κ2) is 10.0. The van der Waals surface area contributed by atoms with Gasteiger partial charge >= 0.3 is 6.18 Å². The molecule has 13 heteroatoms. The topological polar surface area (TPSA) is 119 Å². The van der Waals surface area contributed by atoms with Crippen LogP contribution in [-0.4, -0.2) is 49.2 Å². The smallest absolute Gasteiger partial charge is 0.369 e. The minimum atomic E-state index is -4.58. The molecule has 5 rings (SSSR count). The van der Waals surface area contributed by atoms with E-state index < -0.39 is 17.6 Å². The van der Waals surface area contributed by atoms with E-state index in [4.69, 9.17) is 22.3 Å². The van der Waals surface area contributed by atoms with Crippen molar-refractivity contribution >= 4 is 40.7 Å². The largest absolute Gasteiger partial charge is 0.416 e. The van der Waals surface area contributed by atoms with Crippen molar-refractivity contribution in [2.24, 2.45) is 0 Å². The van der Waals surface area contributed by atoms with Gasteiger partial charge in [0.25, 0.3) is 5.91 Å². The van der Waals surface area contributed by atoms with Gasteiger partial charge in [-0.3, -0.25) is 14.0 Å². The summed E-state index contributed by atoms with van der Waals surface area (Å²) in [7, 11) is 0. The number of alkyl halides is 3. The molecule has 0 saturated carbocycles. The second-order valence-electron chi connectivity index (χ2n) is 8.89.